The average molecular weight is 302 g/mol. The predicted molar refractivity (Wildman–Crippen MR) is 87.1 cm³/mol. The highest BCUT2D eigenvalue weighted by atomic mass is 16.2. The van der Waals surface area contributed by atoms with Crippen LogP contribution in [0, 0.1) is 11.8 Å². The van der Waals surface area contributed by atoms with Gasteiger partial charge in [-0.2, -0.15) is 0 Å². The first-order chi connectivity index (χ1) is 10.6. The molecule has 22 heavy (non-hydrogen) atoms. The van der Waals surface area contributed by atoms with Gasteiger partial charge in [-0.15, -0.1) is 0 Å². The fourth-order valence-electron chi connectivity index (χ4n) is 2.68. The molecule has 0 radical (unpaired) electrons. The van der Waals surface area contributed by atoms with E-state index < -0.39 is 0 Å². The summed E-state index contributed by atoms with van der Waals surface area (Å²) < 4.78 is 0. The summed E-state index contributed by atoms with van der Waals surface area (Å²) in [4.78, 5) is 23.8. The van der Waals surface area contributed by atoms with Crippen molar-refractivity contribution in [3.05, 3.63) is 35.9 Å². The molecular weight excluding hydrogens is 276 g/mol. The van der Waals surface area contributed by atoms with Crippen LogP contribution in [0.15, 0.2) is 30.3 Å². The maximum absolute atomic E-state index is 12.1. The zero-order chi connectivity index (χ0) is 15.9. The molecule has 0 saturated heterocycles. The molecule has 0 unspecified atom stereocenters. The lowest BCUT2D eigenvalue weighted by Crippen LogP contribution is -2.33. The largest absolute Gasteiger partial charge is 0.355 e. The Bertz CT molecular complexity index is 501. The molecule has 2 N–H and O–H groups in total. The molecule has 0 spiro atoms. The predicted octanol–water partition coefficient (Wildman–Crippen LogP) is 2.81. The van der Waals surface area contributed by atoms with Gasteiger partial charge in [-0.1, -0.05) is 50.6 Å². The fourth-order valence-corrected chi connectivity index (χ4v) is 2.68. The van der Waals surface area contributed by atoms with E-state index in [-0.39, 0.29) is 23.8 Å². The maximum Gasteiger partial charge on any atom is 0.223 e. The maximum atomic E-state index is 12.1. The molecule has 4 heteroatoms. The molecule has 2 rings (SSSR count). The van der Waals surface area contributed by atoms with Crippen molar-refractivity contribution in [2.75, 3.05) is 6.54 Å². The first-order valence-corrected chi connectivity index (χ1v) is 8.23. The zero-order valence-corrected chi connectivity index (χ0v) is 13.5. The Morgan fingerprint density at radius 2 is 1.95 bits per heavy atom. The summed E-state index contributed by atoms with van der Waals surface area (Å²) in [6.07, 6.45) is 3.24. The van der Waals surface area contributed by atoms with E-state index in [1.54, 1.807) is 0 Å². The average Bonchev–Trinajstić information content (AvgIpc) is 3.25. The van der Waals surface area contributed by atoms with E-state index in [9.17, 15) is 9.59 Å². The van der Waals surface area contributed by atoms with Crippen molar-refractivity contribution >= 4 is 11.8 Å². The van der Waals surface area contributed by atoms with Gasteiger partial charge in [-0.3, -0.25) is 9.59 Å². The first-order valence-electron chi connectivity index (χ1n) is 8.23. The Balaban J connectivity index is 1.75. The fraction of sp³-hybridized carbons (Fsp3) is 0.556. The zero-order valence-electron chi connectivity index (χ0n) is 13.5. The standard InChI is InChI=1S/C18H26N2O2/c1-3-7-16(14-8-5-4-6-9-14)20-17(21)10-11-19-18(22)15-12-13(15)2/h4-6,8-9,13,15-16H,3,7,10-12H2,1-2H3,(H,19,22)(H,20,21)/t13-,15-,16+/m1/s1. The summed E-state index contributed by atoms with van der Waals surface area (Å²) in [7, 11) is 0. The van der Waals surface area contributed by atoms with Crippen molar-refractivity contribution in [1.29, 1.82) is 0 Å². The highest BCUT2D eigenvalue weighted by Crippen LogP contribution is 2.37. The Morgan fingerprint density at radius 1 is 1.27 bits per heavy atom. The SMILES string of the molecule is CCC[C@H](NC(=O)CCNC(=O)[C@@H]1C[C@H]1C)c1ccccc1. The summed E-state index contributed by atoms with van der Waals surface area (Å²) in [5.74, 6) is 0.751. The lowest BCUT2D eigenvalue weighted by atomic mass is 10.0. The summed E-state index contributed by atoms with van der Waals surface area (Å²) >= 11 is 0. The third-order valence-electron chi connectivity index (χ3n) is 4.21. The Kier molecular flexibility index (Phi) is 5.99. The third-order valence-corrected chi connectivity index (χ3v) is 4.21. The smallest absolute Gasteiger partial charge is 0.223 e. The van der Waals surface area contributed by atoms with Gasteiger partial charge in [0.2, 0.25) is 11.8 Å². The van der Waals surface area contributed by atoms with Crippen LogP contribution in [-0.2, 0) is 9.59 Å². The molecule has 120 valence electrons. The van der Waals surface area contributed by atoms with Crippen LogP contribution in [0.5, 0.6) is 0 Å². The molecule has 0 aromatic heterocycles. The summed E-state index contributed by atoms with van der Waals surface area (Å²) in [5.41, 5.74) is 1.13. The number of carbonyl (C=O) groups is 2. The number of nitrogens with one attached hydrogen (secondary N) is 2. The quantitative estimate of drug-likeness (QED) is 0.776. The highest BCUT2D eigenvalue weighted by molar-refractivity contribution is 5.82. The van der Waals surface area contributed by atoms with Crippen LogP contribution in [0.2, 0.25) is 0 Å². The van der Waals surface area contributed by atoms with E-state index in [0.717, 1.165) is 24.8 Å². The van der Waals surface area contributed by atoms with Crippen LogP contribution in [0.25, 0.3) is 0 Å². The summed E-state index contributed by atoms with van der Waals surface area (Å²) in [6.45, 7) is 4.60. The Morgan fingerprint density at radius 3 is 2.55 bits per heavy atom. The monoisotopic (exact) mass is 302 g/mol. The molecule has 1 aromatic rings. The van der Waals surface area contributed by atoms with Gasteiger partial charge in [0.05, 0.1) is 6.04 Å². The molecule has 3 atom stereocenters. The number of amides is 2. The van der Waals surface area contributed by atoms with E-state index in [4.69, 9.17) is 0 Å². The van der Waals surface area contributed by atoms with Crippen molar-refractivity contribution in [2.24, 2.45) is 11.8 Å². The third kappa shape index (κ3) is 4.86. The molecule has 1 aliphatic carbocycles. The normalized spacial score (nSPS) is 21.0. The minimum Gasteiger partial charge on any atom is -0.355 e. The molecule has 0 bridgehead atoms. The first kappa shape index (κ1) is 16.5. The Labute approximate surface area is 132 Å². The minimum atomic E-state index is -0.00792. The molecular formula is C18H26N2O2. The van der Waals surface area contributed by atoms with Gasteiger partial charge >= 0.3 is 0 Å². The van der Waals surface area contributed by atoms with Crippen LogP contribution in [-0.4, -0.2) is 18.4 Å². The molecule has 1 saturated carbocycles. The lowest BCUT2D eigenvalue weighted by Gasteiger charge is -2.18. The van der Waals surface area contributed by atoms with Crippen molar-refractivity contribution in [2.45, 2.75) is 45.6 Å². The summed E-state index contributed by atoms with van der Waals surface area (Å²) in [5, 5.41) is 5.92. The van der Waals surface area contributed by atoms with Gasteiger partial charge in [0.15, 0.2) is 0 Å². The topological polar surface area (TPSA) is 58.2 Å². The van der Waals surface area contributed by atoms with Gasteiger partial charge < -0.3 is 10.6 Å². The van der Waals surface area contributed by atoms with E-state index >= 15 is 0 Å². The molecule has 2 amide bonds. The van der Waals surface area contributed by atoms with E-state index in [2.05, 4.69) is 24.5 Å². The second kappa shape index (κ2) is 7.97. The van der Waals surface area contributed by atoms with Gasteiger partial charge in [0.25, 0.3) is 0 Å². The number of rotatable bonds is 8. The summed E-state index contributed by atoms with van der Waals surface area (Å²) in [6, 6.07) is 10.1. The number of benzene rings is 1. The van der Waals surface area contributed by atoms with Crippen LogP contribution in [0.1, 0.15) is 51.1 Å². The highest BCUT2D eigenvalue weighted by Gasteiger charge is 2.38. The van der Waals surface area contributed by atoms with Crippen LogP contribution in [0.3, 0.4) is 0 Å². The molecule has 0 aliphatic heterocycles. The number of hydrogen-bond acceptors (Lipinski definition) is 2. The van der Waals surface area contributed by atoms with Crippen molar-refractivity contribution in [3.8, 4) is 0 Å². The molecule has 4 nitrogen and oxygen atoms in total. The van der Waals surface area contributed by atoms with Crippen LogP contribution in [0.4, 0.5) is 0 Å². The Hall–Kier alpha value is -1.84. The van der Waals surface area contributed by atoms with Crippen molar-refractivity contribution < 1.29 is 9.59 Å². The molecule has 1 fully saturated rings. The lowest BCUT2D eigenvalue weighted by molar-refractivity contribution is -0.123. The van der Waals surface area contributed by atoms with Gasteiger partial charge in [-0.25, -0.2) is 0 Å². The number of hydrogen-bond donors (Lipinski definition) is 2. The van der Waals surface area contributed by atoms with Gasteiger partial charge in [-0.05, 0) is 24.3 Å². The molecule has 1 aromatic carbocycles. The van der Waals surface area contributed by atoms with E-state index in [0.29, 0.717) is 18.9 Å². The second-order valence-corrected chi connectivity index (χ2v) is 6.18. The minimum absolute atomic E-state index is 0.00792. The van der Waals surface area contributed by atoms with Crippen molar-refractivity contribution in [3.63, 3.8) is 0 Å². The van der Waals surface area contributed by atoms with Gasteiger partial charge in [0, 0.05) is 18.9 Å². The van der Waals surface area contributed by atoms with Gasteiger partial charge in [0.1, 0.15) is 0 Å². The van der Waals surface area contributed by atoms with E-state index in [1.165, 1.54) is 0 Å². The second-order valence-electron chi connectivity index (χ2n) is 6.18. The number of carbonyl (C=O) groups excluding carboxylic acids is 2. The van der Waals surface area contributed by atoms with Crippen LogP contribution >= 0.6 is 0 Å². The van der Waals surface area contributed by atoms with E-state index in [1.807, 2.05) is 30.3 Å². The molecule has 1 aliphatic rings. The van der Waals surface area contributed by atoms with Crippen LogP contribution < -0.4 is 10.6 Å². The van der Waals surface area contributed by atoms with Crippen molar-refractivity contribution in [1.82, 2.24) is 10.6 Å². The molecule has 0 heterocycles.